The molecule has 0 saturated heterocycles. The van der Waals surface area contributed by atoms with E-state index in [4.69, 9.17) is 0 Å². The van der Waals surface area contributed by atoms with E-state index in [1.165, 1.54) is 80.7 Å². The van der Waals surface area contributed by atoms with Gasteiger partial charge >= 0.3 is 0 Å². The van der Waals surface area contributed by atoms with Gasteiger partial charge in [0.1, 0.15) is 0 Å². The fourth-order valence-electron chi connectivity index (χ4n) is 8.53. The normalized spacial score (nSPS) is 11.6. The summed E-state index contributed by atoms with van der Waals surface area (Å²) in [5.74, 6) is 0. The zero-order chi connectivity index (χ0) is 36.3. The van der Waals surface area contributed by atoms with Crippen LogP contribution in [0.15, 0.2) is 206 Å². The molecule has 0 N–H and O–H groups in total. The van der Waals surface area contributed by atoms with Gasteiger partial charge in [-0.25, -0.2) is 0 Å². The predicted molar refractivity (Wildman–Crippen MR) is 237 cm³/mol. The molecule has 0 atom stereocenters. The lowest BCUT2D eigenvalue weighted by Gasteiger charge is -2.27. The number of aromatic nitrogens is 1. The molecule has 2 nitrogen and oxygen atoms in total. The standard InChI is InChI=1S/C52H34N2S/c1-3-14-35(15-4-1)36-26-30-40(31-27-36)53(46-23-13-25-49-51(46)44-21-10-12-24-48(44)55-49)41-32-28-37(29-33-41)50-42-19-8-7-16-38(42)34-47-52(50)43-20-9-11-22-45(43)54(47)39-17-5-2-6-18-39/h1-34H. The molecule has 0 fully saturated rings. The van der Waals surface area contributed by atoms with Gasteiger partial charge in [-0.05, 0) is 99.8 Å². The van der Waals surface area contributed by atoms with Crippen LogP contribution in [0.25, 0.3) is 80.7 Å². The van der Waals surface area contributed by atoms with E-state index in [1.54, 1.807) is 0 Å². The SMILES string of the molecule is c1ccc(-c2ccc(N(c3ccc(-c4c5ccccc5cc5c4c4ccccc4n5-c4ccccc4)cc3)c3cccc4sc5ccccc5c34)cc2)cc1. The fourth-order valence-corrected chi connectivity index (χ4v) is 9.65. The highest BCUT2D eigenvalue weighted by molar-refractivity contribution is 7.26. The van der Waals surface area contributed by atoms with Crippen LogP contribution in [0.3, 0.4) is 0 Å². The summed E-state index contributed by atoms with van der Waals surface area (Å²) < 4.78 is 5.00. The molecule has 2 aromatic heterocycles. The Hall–Kier alpha value is -6.94. The van der Waals surface area contributed by atoms with Crippen molar-refractivity contribution in [1.29, 1.82) is 0 Å². The number of nitrogens with zero attached hydrogens (tertiary/aromatic N) is 2. The number of benzene rings is 9. The Morgan fingerprint density at radius 1 is 0.382 bits per heavy atom. The van der Waals surface area contributed by atoms with Crippen molar-refractivity contribution in [2.24, 2.45) is 0 Å². The Morgan fingerprint density at radius 2 is 0.964 bits per heavy atom. The molecule has 11 aromatic rings. The van der Waals surface area contributed by atoms with E-state index < -0.39 is 0 Å². The molecule has 0 spiro atoms. The van der Waals surface area contributed by atoms with Crippen molar-refractivity contribution in [1.82, 2.24) is 4.57 Å². The van der Waals surface area contributed by atoms with Gasteiger partial charge < -0.3 is 9.47 Å². The maximum Gasteiger partial charge on any atom is 0.0554 e. The Morgan fingerprint density at radius 3 is 1.73 bits per heavy atom. The molecule has 55 heavy (non-hydrogen) atoms. The molecule has 0 saturated carbocycles. The number of hydrogen-bond donors (Lipinski definition) is 0. The molecule has 0 amide bonds. The van der Waals surface area contributed by atoms with Crippen molar-refractivity contribution in [2.75, 3.05) is 4.90 Å². The van der Waals surface area contributed by atoms with Crippen molar-refractivity contribution >= 4 is 81.1 Å². The van der Waals surface area contributed by atoms with Crippen molar-refractivity contribution in [2.45, 2.75) is 0 Å². The maximum atomic E-state index is 2.43. The number of hydrogen-bond acceptors (Lipinski definition) is 2. The number of anilines is 3. The largest absolute Gasteiger partial charge is 0.310 e. The van der Waals surface area contributed by atoms with Gasteiger partial charge in [0.15, 0.2) is 0 Å². The minimum atomic E-state index is 1.11. The highest BCUT2D eigenvalue weighted by Crippen LogP contribution is 2.47. The molecule has 0 aliphatic carbocycles. The maximum absolute atomic E-state index is 2.43. The van der Waals surface area contributed by atoms with Crippen LogP contribution in [-0.4, -0.2) is 4.57 Å². The van der Waals surface area contributed by atoms with Gasteiger partial charge in [0, 0.05) is 48.0 Å². The van der Waals surface area contributed by atoms with Crippen LogP contribution in [0.1, 0.15) is 0 Å². The average Bonchev–Trinajstić information content (AvgIpc) is 3.80. The molecule has 0 radical (unpaired) electrons. The van der Waals surface area contributed by atoms with Crippen LogP contribution in [0.5, 0.6) is 0 Å². The molecule has 0 aliphatic rings. The number of rotatable bonds is 6. The Labute approximate surface area is 323 Å². The van der Waals surface area contributed by atoms with E-state index in [0.717, 1.165) is 17.1 Å². The lowest BCUT2D eigenvalue weighted by Crippen LogP contribution is -2.10. The van der Waals surface area contributed by atoms with Gasteiger partial charge in [-0.1, -0.05) is 140 Å². The molecule has 11 rings (SSSR count). The predicted octanol–water partition coefficient (Wildman–Crippen LogP) is 15.1. The van der Waals surface area contributed by atoms with Crippen molar-refractivity contribution in [3.05, 3.63) is 206 Å². The van der Waals surface area contributed by atoms with Gasteiger partial charge in [-0.2, -0.15) is 0 Å². The first-order valence-corrected chi connectivity index (χ1v) is 19.6. The van der Waals surface area contributed by atoms with Gasteiger partial charge in [0.25, 0.3) is 0 Å². The molecule has 0 unspecified atom stereocenters. The quantitative estimate of drug-likeness (QED) is 0.166. The van der Waals surface area contributed by atoms with Crippen LogP contribution < -0.4 is 4.90 Å². The van der Waals surface area contributed by atoms with E-state index in [-0.39, 0.29) is 0 Å². The summed E-state index contributed by atoms with van der Waals surface area (Å²) in [5, 5.41) is 7.57. The minimum Gasteiger partial charge on any atom is -0.310 e. The first-order chi connectivity index (χ1) is 27.3. The molecular formula is C52H34N2S. The van der Waals surface area contributed by atoms with Gasteiger partial charge in [0.2, 0.25) is 0 Å². The fraction of sp³-hybridized carbons (Fsp3) is 0. The summed E-state index contributed by atoms with van der Waals surface area (Å²) in [6.07, 6.45) is 0. The first kappa shape index (κ1) is 31.6. The highest BCUT2D eigenvalue weighted by Gasteiger charge is 2.21. The summed E-state index contributed by atoms with van der Waals surface area (Å²) in [7, 11) is 0. The van der Waals surface area contributed by atoms with Gasteiger partial charge in [0.05, 0.1) is 16.7 Å². The average molecular weight is 719 g/mol. The van der Waals surface area contributed by atoms with Crippen molar-refractivity contribution in [3.63, 3.8) is 0 Å². The second-order valence-corrected chi connectivity index (χ2v) is 15.2. The second-order valence-electron chi connectivity index (χ2n) is 14.1. The van der Waals surface area contributed by atoms with Crippen LogP contribution in [0.2, 0.25) is 0 Å². The molecule has 258 valence electrons. The third-order valence-corrected chi connectivity index (χ3v) is 12.1. The Kier molecular flexibility index (Phi) is 7.39. The summed E-state index contributed by atoms with van der Waals surface area (Å²) in [5.41, 5.74) is 11.9. The van der Waals surface area contributed by atoms with Crippen LogP contribution >= 0.6 is 11.3 Å². The lowest BCUT2D eigenvalue weighted by atomic mass is 9.93. The Bertz CT molecular complexity index is 3180. The second kappa shape index (κ2) is 12.9. The van der Waals surface area contributed by atoms with Gasteiger partial charge in [-0.3, -0.25) is 0 Å². The third kappa shape index (κ3) is 5.16. The first-order valence-electron chi connectivity index (χ1n) is 18.8. The van der Waals surface area contributed by atoms with Crippen molar-refractivity contribution < 1.29 is 0 Å². The number of fused-ring (bicyclic) bond motifs is 7. The smallest absolute Gasteiger partial charge is 0.0554 e. The van der Waals surface area contributed by atoms with Crippen LogP contribution in [-0.2, 0) is 0 Å². The molecule has 0 aliphatic heterocycles. The zero-order valence-electron chi connectivity index (χ0n) is 29.9. The number of para-hydroxylation sites is 2. The van der Waals surface area contributed by atoms with Gasteiger partial charge in [-0.15, -0.1) is 11.3 Å². The zero-order valence-corrected chi connectivity index (χ0v) is 30.7. The van der Waals surface area contributed by atoms with Crippen molar-refractivity contribution in [3.8, 4) is 27.9 Å². The minimum absolute atomic E-state index is 1.11. The van der Waals surface area contributed by atoms with E-state index in [9.17, 15) is 0 Å². The highest BCUT2D eigenvalue weighted by atomic mass is 32.1. The topological polar surface area (TPSA) is 8.17 Å². The van der Waals surface area contributed by atoms with E-state index in [0.29, 0.717) is 0 Å². The monoisotopic (exact) mass is 718 g/mol. The Balaban J connectivity index is 1.13. The third-order valence-electron chi connectivity index (χ3n) is 11.0. The van der Waals surface area contributed by atoms with Crippen LogP contribution in [0, 0.1) is 0 Å². The summed E-state index contributed by atoms with van der Waals surface area (Å²) in [6.45, 7) is 0. The summed E-state index contributed by atoms with van der Waals surface area (Å²) >= 11 is 1.86. The van der Waals surface area contributed by atoms with E-state index in [1.807, 2.05) is 11.3 Å². The lowest BCUT2D eigenvalue weighted by molar-refractivity contribution is 1.18. The van der Waals surface area contributed by atoms with E-state index in [2.05, 4.69) is 216 Å². The summed E-state index contributed by atoms with van der Waals surface area (Å²) in [4.78, 5) is 2.43. The molecule has 9 aromatic carbocycles. The van der Waals surface area contributed by atoms with Crippen LogP contribution in [0.4, 0.5) is 17.1 Å². The molecule has 3 heteroatoms. The molecule has 0 bridgehead atoms. The molecule has 2 heterocycles. The van der Waals surface area contributed by atoms with E-state index >= 15 is 0 Å². The molecular weight excluding hydrogens is 685 g/mol. The number of thiophene rings is 1. The summed E-state index contributed by atoms with van der Waals surface area (Å²) in [6, 6.07) is 75.1.